The summed E-state index contributed by atoms with van der Waals surface area (Å²) in [5, 5.41) is 11.7. The Morgan fingerprint density at radius 3 is 2.43 bits per heavy atom. The van der Waals surface area contributed by atoms with Gasteiger partial charge in [-0.2, -0.15) is 0 Å². The second-order valence-electron chi connectivity index (χ2n) is 6.04. The van der Waals surface area contributed by atoms with Crippen LogP contribution >= 0.6 is 23.4 Å². The van der Waals surface area contributed by atoms with E-state index in [0.717, 1.165) is 12.0 Å². The molecule has 0 aromatic heterocycles. The number of halogens is 1. The van der Waals surface area contributed by atoms with Gasteiger partial charge in [0.2, 0.25) is 0 Å². The second kappa shape index (κ2) is 9.13. The fourth-order valence-corrected chi connectivity index (χ4v) is 3.79. The van der Waals surface area contributed by atoms with Crippen molar-refractivity contribution in [2.75, 3.05) is 6.61 Å². The Morgan fingerprint density at radius 1 is 1.14 bits per heavy atom. The average Bonchev–Trinajstić information content (AvgIpc) is 2.99. The van der Waals surface area contributed by atoms with Crippen LogP contribution in [-0.2, 0) is 16.0 Å². The Kier molecular flexibility index (Phi) is 6.60. The highest BCUT2D eigenvalue weighted by atomic mass is 35.5. The van der Waals surface area contributed by atoms with Gasteiger partial charge in [0.25, 0.3) is 0 Å². The third-order valence-corrected chi connectivity index (χ3v) is 5.39. The standard InChI is InChI=1S/C22H20ClNO3S/c1-3-14-5-7-15(8-6-14)13-18-20(25)19(22(26)27-4-2)21(28-18)24-17-11-9-16(23)10-12-17/h5-13,25H,3-4H2,1-2H3. The Hall–Kier alpha value is -2.50. The number of thioether (sulfide) groups is 1. The zero-order valence-electron chi connectivity index (χ0n) is 15.6. The lowest BCUT2D eigenvalue weighted by atomic mass is 10.1. The number of aryl methyl sites for hydroxylation is 1. The molecule has 0 saturated carbocycles. The molecule has 1 aliphatic heterocycles. The van der Waals surface area contributed by atoms with Crippen molar-refractivity contribution in [3.05, 3.63) is 80.9 Å². The maximum absolute atomic E-state index is 12.4. The molecule has 0 radical (unpaired) electrons. The van der Waals surface area contributed by atoms with Crippen LogP contribution < -0.4 is 0 Å². The molecule has 0 atom stereocenters. The molecule has 0 bridgehead atoms. The van der Waals surface area contributed by atoms with E-state index in [4.69, 9.17) is 16.3 Å². The minimum absolute atomic E-state index is 0.0817. The number of aliphatic hydroxyl groups excluding tert-OH is 1. The van der Waals surface area contributed by atoms with Crippen LogP contribution in [0.2, 0.25) is 5.02 Å². The summed E-state index contributed by atoms with van der Waals surface area (Å²) in [7, 11) is 0. The first kappa shape index (κ1) is 20.2. The lowest BCUT2D eigenvalue weighted by Crippen LogP contribution is -2.12. The molecule has 6 heteroatoms. The zero-order valence-corrected chi connectivity index (χ0v) is 17.2. The summed E-state index contributed by atoms with van der Waals surface area (Å²) in [5.41, 5.74) is 2.88. The van der Waals surface area contributed by atoms with Crippen LogP contribution in [0.4, 0.5) is 5.69 Å². The summed E-state index contributed by atoms with van der Waals surface area (Å²) in [6.07, 6.45) is 2.80. The molecule has 2 aromatic carbocycles. The van der Waals surface area contributed by atoms with Gasteiger partial charge in [0.15, 0.2) is 0 Å². The molecule has 0 amide bonds. The molecular weight excluding hydrogens is 394 g/mol. The van der Waals surface area contributed by atoms with E-state index in [1.165, 1.54) is 17.3 Å². The first-order chi connectivity index (χ1) is 13.5. The number of benzene rings is 2. The van der Waals surface area contributed by atoms with E-state index < -0.39 is 5.97 Å². The summed E-state index contributed by atoms with van der Waals surface area (Å²) < 4.78 is 5.11. The molecule has 0 unspecified atom stereocenters. The minimum atomic E-state index is -0.593. The predicted molar refractivity (Wildman–Crippen MR) is 116 cm³/mol. The van der Waals surface area contributed by atoms with Crippen LogP contribution in [0.1, 0.15) is 25.0 Å². The molecule has 2 aromatic rings. The van der Waals surface area contributed by atoms with E-state index in [1.807, 2.05) is 30.3 Å². The first-order valence-electron chi connectivity index (χ1n) is 8.95. The molecule has 144 valence electrons. The number of aliphatic imine (C=N–C) groups is 1. The number of aliphatic hydroxyl groups is 1. The lowest BCUT2D eigenvalue weighted by molar-refractivity contribution is -0.138. The maximum Gasteiger partial charge on any atom is 0.344 e. The van der Waals surface area contributed by atoms with Gasteiger partial charge < -0.3 is 9.84 Å². The molecule has 1 aliphatic rings. The van der Waals surface area contributed by atoms with E-state index >= 15 is 0 Å². The topological polar surface area (TPSA) is 58.9 Å². The minimum Gasteiger partial charge on any atom is -0.506 e. The van der Waals surface area contributed by atoms with E-state index in [1.54, 1.807) is 31.2 Å². The Morgan fingerprint density at radius 2 is 1.82 bits per heavy atom. The van der Waals surface area contributed by atoms with Crippen LogP contribution in [-0.4, -0.2) is 22.7 Å². The van der Waals surface area contributed by atoms with E-state index in [2.05, 4.69) is 11.9 Å². The number of carbonyl (C=O) groups excluding carboxylic acids is 1. The number of ether oxygens (including phenoxy) is 1. The number of nitrogens with zero attached hydrogens (tertiary/aromatic N) is 1. The lowest BCUT2D eigenvalue weighted by Gasteiger charge is -2.03. The third-order valence-electron chi connectivity index (χ3n) is 4.11. The quantitative estimate of drug-likeness (QED) is 0.602. The van der Waals surface area contributed by atoms with Crippen LogP contribution in [0.5, 0.6) is 0 Å². The van der Waals surface area contributed by atoms with Gasteiger partial charge in [-0.25, -0.2) is 9.79 Å². The van der Waals surface area contributed by atoms with Crippen molar-refractivity contribution in [1.82, 2.24) is 0 Å². The molecule has 1 heterocycles. The largest absolute Gasteiger partial charge is 0.506 e. The van der Waals surface area contributed by atoms with Crippen LogP contribution in [0.3, 0.4) is 0 Å². The summed E-state index contributed by atoms with van der Waals surface area (Å²) >= 11 is 7.16. The van der Waals surface area contributed by atoms with Crippen molar-refractivity contribution in [1.29, 1.82) is 0 Å². The Bertz CT molecular complexity index is 960. The molecule has 28 heavy (non-hydrogen) atoms. The van der Waals surface area contributed by atoms with Crippen molar-refractivity contribution >= 4 is 46.1 Å². The normalized spacial score (nSPS) is 16.8. The zero-order chi connectivity index (χ0) is 20.1. The molecular formula is C22H20ClNO3S. The molecule has 0 spiro atoms. The maximum atomic E-state index is 12.4. The monoisotopic (exact) mass is 413 g/mol. The van der Waals surface area contributed by atoms with Crippen LogP contribution in [0, 0.1) is 0 Å². The second-order valence-corrected chi connectivity index (χ2v) is 7.51. The summed E-state index contributed by atoms with van der Waals surface area (Å²) in [4.78, 5) is 17.5. The molecule has 4 nitrogen and oxygen atoms in total. The van der Waals surface area contributed by atoms with Gasteiger partial charge in [0.05, 0.1) is 17.2 Å². The first-order valence-corrected chi connectivity index (χ1v) is 10.1. The van der Waals surface area contributed by atoms with Crippen LogP contribution in [0.25, 0.3) is 6.08 Å². The predicted octanol–water partition coefficient (Wildman–Crippen LogP) is 6.10. The van der Waals surface area contributed by atoms with E-state index in [0.29, 0.717) is 20.7 Å². The van der Waals surface area contributed by atoms with Crippen molar-refractivity contribution in [3.8, 4) is 0 Å². The SMILES string of the molecule is CCOC(=O)C1=C(O)C(=Cc2ccc(CC)cc2)SC1=Nc1ccc(Cl)cc1. The summed E-state index contributed by atoms with van der Waals surface area (Å²) in [6, 6.07) is 15.0. The highest BCUT2D eigenvalue weighted by Gasteiger charge is 2.33. The van der Waals surface area contributed by atoms with Crippen molar-refractivity contribution < 1.29 is 14.6 Å². The Balaban J connectivity index is 2.00. The van der Waals surface area contributed by atoms with Crippen LogP contribution in [0.15, 0.2) is 69.8 Å². The molecule has 1 N–H and O–H groups in total. The van der Waals surface area contributed by atoms with Crippen molar-refractivity contribution in [2.24, 2.45) is 4.99 Å². The summed E-state index contributed by atoms with van der Waals surface area (Å²) in [5.74, 6) is -0.708. The van der Waals surface area contributed by atoms with Gasteiger partial charge in [-0.1, -0.05) is 54.6 Å². The number of rotatable bonds is 5. The third kappa shape index (κ3) is 4.66. The van der Waals surface area contributed by atoms with Gasteiger partial charge in [-0.15, -0.1) is 0 Å². The number of hydrogen-bond donors (Lipinski definition) is 1. The van der Waals surface area contributed by atoms with Gasteiger partial charge in [-0.3, -0.25) is 0 Å². The number of carbonyl (C=O) groups is 1. The van der Waals surface area contributed by atoms with Crippen molar-refractivity contribution in [2.45, 2.75) is 20.3 Å². The summed E-state index contributed by atoms with van der Waals surface area (Å²) in [6.45, 7) is 4.03. The highest BCUT2D eigenvalue weighted by molar-refractivity contribution is 8.18. The molecule has 0 saturated heterocycles. The van der Waals surface area contributed by atoms with Gasteiger partial charge in [0, 0.05) is 5.02 Å². The van der Waals surface area contributed by atoms with E-state index in [-0.39, 0.29) is 17.9 Å². The van der Waals surface area contributed by atoms with Gasteiger partial charge in [-0.05, 0) is 54.8 Å². The fourth-order valence-electron chi connectivity index (χ4n) is 2.63. The van der Waals surface area contributed by atoms with Crippen molar-refractivity contribution in [3.63, 3.8) is 0 Å². The number of hydrogen-bond acceptors (Lipinski definition) is 5. The fraction of sp³-hybridized carbons (Fsp3) is 0.182. The van der Waals surface area contributed by atoms with Gasteiger partial charge >= 0.3 is 5.97 Å². The van der Waals surface area contributed by atoms with E-state index in [9.17, 15) is 9.90 Å². The Labute approximate surface area is 173 Å². The average molecular weight is 414 g/mol. The molecule has 0 aliphatic carbocycles. The van der Waals surface area contributed by atoms with Gasteiger partial charge in [0.1, 0.15) is 16.4 Å². The molecule has 3 rings (SSSR count). The highest BCUT2D eigenvalue weighted by Crippen LogP contribution is 2.40. The molecule has 0 fully saturated rings. The smallest absolute Gasteiger partial charge is 0.344 e. The number of esters is 1.